The van der Waals surface area contributed by atoms with Crippen molar-refractivity contribution in [1.29, 1.82) is 5.26 Å². The SMILES string of the molecule is Cc1ccc(CN2C(=O)S/C(=C\c3ccccc3OCc3ccccc3C#N)C2=O)cc1. The highest BCUT2D eigenvalue weighted by Crippen LogP contribution is 2.35. The molecular weight excluding hydrogens is 420 g/mol. The highest BCUT2D eigenvalue weighted by atomic mass is 32.2. The molecule has 1 saturated heterocycles. The van der Waals surface area contributed by atoms with Gasteiger partial charge in [0.1, 0.15) is 12.4 Å². The van der Waals surface area contributed by atoms with E-state index in [1.807, 2.05) is 67.6 Å². The second kappa shape index (κ2) is 9.54. The molecule has 5 nitrogen and oxygen atoms in total. The topological polar surface area (TPSA) is 70.4 Å². The van der Waals surface area contributed by atoms with Gasteiger partial charge in [-0.05, 0) is 42.5 Å². The minimum absolute atomic E-state index is 0.226. The molecule has 6 heteroatoms. The Kier molecular flexibility index (Phi) is 6.39. The zero-order valence-electron chi connectivity index (χ0n) is 17.4. The van der Waals surface area contributed by atoms with Crippen molar-refractivity contribution in [2.45, 2.75) is 20.1 Å². The number of hydrogen-bond donors (Lipinski definition) is 0. The molecule has 1 aliphatic heterocycles. The Morgan fingerprint density at radius 1 is 1.00 bits per heavy atom. The van der Waals surface area contributed by atoms with E-state index in [1.54, 1.807) is 18.2 Å². The van der Waals surface area contributed by atoms with Crippen molar-refractivity contribution in [1.82, 2.24) is 4.90 Å². The number of amides is 2. The molecule has 0 aromatic heterocycles. The lowest BCUT2D eigenvalue weighted by Gasteiger charge is -2.13. The molecule has 0 unspecified atom stereocenters. The molecule has 3 aromatic carbocycles. The first-order valence-electron chi connectivity index (χ1n) is 10.1. The van der Waals surface area contributed by atoms with Gasteiger partial charge in [-0.3, -0.25) is 14.5 Å². The van der Waals surface area contributed by atoms with Crippen LogP contribution in [0, 0.1) is 18.3 Å². The molecule has 158 valence electrons. The van der Waals surface area contributed by atoms with E-state index in [4.69, 9.17) is 4.74 Å². The average Bonchev–Trinajstić information content (AvgIpc) is 3.07. The number of imide groups is 1. The number of rotatable bonds is 6. The van der Waals surface area contributed by atoms with Crippen LogP contribution in [0.3, 0.4) is 0 Å². The molecule has 0 spiro atoms. The Morgan fingerprint density at radius 2 is 1.72 bits per heavy atom. The summed E-state index contributed by atoms with van der Waals surface area (Å²) in [5.41, 5.74) is 4.06. The van der Waals surface area contributed by atoms with Gasteiger partial charge in [0, 0.05) is 11.1 Å². The maximum absolute atomic E-state index is 12.9. The monoisotopic (exact) mass is 440 g/mol. The van der Waals surface area contributed by atoms with E-state index < -0.39 is 0 Å². The van der Waals surface area contributed by atoms with Gasteiger partial charge < -0.3 is 4.74 Å². The van der Waals surface area contributed by atoms with Crippen LogP contribution in [-0.4, -0.2) is 16.0 Å². The number of carbonyl (C=O) groups is 2. The van der Waals surface area contributed by atoms with E-state index in [9.17, 15) is 14.9 Å². The van der Waals surface area contributed by atoms with E-state index >= 15 is 0 Å². The Balaban J connectivity index is 1.52. The average molecular weight is 441 g/mol. The minimum Gasteiger partial charge on any atom is -0.488 e. The second-order valence-electron chi connectivity index (χ2n) is 7.35. The molecule has 1 heterocycles. The van der Waals surface area contributed by atoms with Gasteiger partial charge >= 0.3 is 0 Å². The van der Waals surface area contributed by atoms with Crippen molar-refractivity contribution in [2.24, 2.45) is 0 Å². The third-order valence-electron chi connectivity index (χ3n) is 5.06. The van der Waals surface area contributed by atoms with Crippen molar-refractivity contribution in [3.05, 3.63) is 106 Å². The Labute approximate surface area is 190 Å². The summed E-state index contributed by atoms with van der Waals surface area (Å²) in [5.74, 6) is 0.260. The van der Waals surface area contributed by atoms with Gasteiger partial charge in [0.25, 0.3) is 11.1 Å². The van der Waals surface area contributed by atoms with Crippen LogP contribution in [0.1, 0.15) is 27.8 Å². The number of thioether (sulfide) groups is 1. The maximum Gasteiger partial charge on any atom is 0.293 e. The van der Waals surface area contributed by atoms with Crippen molar-refractivity contribution < 1.29 is 14.3 Å². The summed E-state index contributed by atoms with van der Waals surface area (Å²) >= 11 is 0.928. The molecule has 3 aromatic rings. The van der Waals surface area contributed by atoms with Crippen molar-refractivity contribution >= 4 is 29.0 Å². The van der Waals surface area contributed by atoms with Crippen molar-refractivity contribution in [2.75, 3.05) is 0 Å². The summed E-state index contributed by atoms with van der Waals surface area (Å²) in [4.78, 5) is 27.0. The zero-order valence-corrected chi connectivity index (χ0v) is 18.3. The number of nitrogens with zero attached hydrogens (tertiary/aromatic N) is 2. The number of hydrogen-bond acceptors (Lipinski definition) is 5. The molecule has 0 bridgehead atoms. The molecule has 0 N–H and O–H groups in total. The van der Waals surface area contributed by atoms with Gasteiger partial charge in [0.15, 0.2) is 0 Å². The first-order chi connectivity index (χ1) is 15.5. The van der Waals surface area contributed by atoms with Gasteiger partial charge in [-0.1, -0.05) is 66.2 Å². The number of ether oxygens (including phenoxy) is 1. The van der Waals surface area contributed by atoms with Crippen LogP contribution in [-0.2, 0) is 17.9 Å². The van der Waals surface area contributed by atoms with Crippen molar-refractivity contribution in [3.8, 4) is 11.8 Å². The highest BCUT2D eigenvalue weighted by molar-refractivity contribution is 8.18. The first-order valence-corrected chi connectivity index (χ1v) is 10.9. The number of para-hydroxylation sites is 1. The highest BCUT2D eigenvalue weighted by Gasteiger charge is 2.35. The van der Waals surface area contributed by atoms with E-state index in [0.717, 1.165) is 28.5 Å². The summed E-state index contributed by atoms with van der Waals surface area (Å²) in [6.45, 7) is 2.46. The molecular formula is C26H20N2O3S. The summed E-state index contributed by atoms with van der Waals surface area (Å²) in [6, 6.07) is 24.5. The Bertz CT molecular complexity index is 1240. The van der Waals surface area contributed by atoms with E-state index in [-0.39, 0.29) is 24.3 Å². The van der Waals surface area contributed by atoms with Crippen LogP contribution in [0.5, 0.6) is 5.75 Å². The van der Waals surface area contributed by atoms with Crippen LogP contribution in [0.25, 0.3) is 6.08 Å². The lowest BCUT2D eigenvalue weighted by molar-refractivity contribution is -0.123. The van der Waals surface area contributed by atoms with Gasteiger partial charge in [-0.25, -0.2) is 0 Å². The molecule has 0 atom stereocenters. The van der Waals surface area contributed by atoms with Crippen LogP contribution >= 0.6 is 11.8 Å². The quantitative estimate of drug-likeness (QED) is 0.461. The van der Waals surface area contributed by atoms with Crippen LogP contribution < -0.4 is 4.74 Å². The summed E-state index contributed by atoms with van der Waals surface area (Å²) in [7, 11) is 0. The van der Waals surface area contributed by atoms with Crippen LogP contribution in [0.2, 0.25) is 0 Å². The molecule has 0 radical (unpaired) electrons. The molecule has 32 heavy (non-hydrogen) atoms. The molecule has 0 aliphatic carbocycles. The smallest absolute Gasteiger partial charge is 0.293 e. The third-order valence-corrected chi connectivity index (χ3v) is 5.97. The van der Waals surface area contributed by atoms with Gasteiger partial charge in [-0.2, -0.15) is 5.26 Å². The first kappa shape index (κ1) is 21.4. The molecule has 2 amide bonds. The second-order valence-corrected chi connectivity index (χ2v) is 8.34. The van der Waals surface area contributed by atoms with E-state index in [1.165, 1.54) is 4.90 Å². The summed E-state index contributed by atoms with van der Waals surface area (Å²) in [5, 5.41) is 8.98. The standard InChI is InChI=1S/C26H20N2O3S/c1-18-10-12-19(13-11-18)16-28-25(29)24(32-26(28)30)14-20-6-4-5-9-23(20)31-17-22-8-3-2-7-21(22)15-27/h2-14H,16-17H2,1H3/b24-14-. The predicted molar refractivity (Wildman–Crippen MR) is 125 cm³/mol. The molecule has 0 saturated carbocycles. The fraction of sp³-hybridized carbons (Fsp3) is 0.115. The molecule has 1 aliphatic rings. The van der Waals surface area contributed by atoms with E-state index in [0.29, 0.717) is 21.8 Å². The lowest BCUT2D eigenvalue weighted by Crippen LogP contribution is -2.27. The van der Waals surface area contributed by atoms with E-state index in [2.05, 4.69) is 6.07 Å². The fourth-order valence-corrected chi connectivity index (χ4v) is 4.12. The number of aryl methyl sites for hydroxylation is 1. The van der Waals surface area contributed by atoms with Gasteiger partial charge in [0.2, 0.25) is 0 Å². The largest absolute Gasteiger partial charge is 0.488 e. The van der Waals surface area contributed by atoms with Crippen molar-refractivity contribution in [3.63, 3.8) is 0 Å². The predicted octanol–water partition coefficient (Wildman–Crippen LogP) is 5.68. The lowest BCUT2D eigenvalue weighted by atomic mass is 10.1. The Hall–Kier alpha value is -3.82. The fourth-order valence-electron chi connectivity index (χ4n) is 3.30. The van der Waals surface area contributed by atoms with Gasteiger partial charge in [-0.15, -0.1) is 0 Å². The number of benzene rings is 3. The summed E-state index contributed by atoms with van der Waals surface area (Å²) in [6.07, 6.45) is 1.69. The summed E-state index contributed by atoms with van der Waals surface area (Å²) < 4.78 is 5.96. The number of nitriles is 1. The maximum atomic E-state index is 12.9. The minimum atomic E-state index is -0.315. The molecule has 1 fully saturated rings. The zero-order chi connectivity index (χ0) is 22.5. The normalized spacial score (nSPS) is 14.6. The molecule has 4 rings (SSSR count). The third kappa shape index (κ3) is 4.74. The van der Waals surface area contributed by atoms with Crippen LogP contribution in [0.15, 0.2) is 77.7 Å². The Morgan fingerprint density at radius 3 is 2.50 bits per heavy atom. The number of carbonyl (C=O) groups excluding carboxylic acids is 2. The van der Waals surface area contributed by atoms with Gasteiger partial charge in [0.05, 0.1) is 23.1 Å². The van der Waals surface area contributed by atoms with Crippen LogP contribution in [0.4, 0.5) is 4.79 Å².